The smallest absolute Gasteiger partial charge is 0.272 e. The molecule has 1 aliphatic heterocycles. The summed E-state index contributed by atoms with van der Waals surface area (Å²) in [5.41, 5.74) is 6.46. The normalized spacial score (nSPS) is 27.8. The van der Waals surface area contributed by atoms with Crippen LogP contribution in [0.5, 0.6) is 0 Å². The van der Waals surface area contributed by atoms with Crippen molar-refractivity contribution in [1.82, 2.24) is 15.2 Å². The number of aromatic nitrogens is 1. The van der Waals surface area contributed by atoms with E-state index in [2.05, 4.69) is 10.3 Å². The maximum atomic E-state index is 12.9. The van der Waals surface area contributed by atoms with Gasteiger partial charge in [-0.25, -0.2) is 4.98 Å². The van der Waals surface area contributed by atoms with Crippen LogP contribution in [0, 0.1) is 11.3 Å². The number of aliphatic hydroxyl groups excluding tert-OH is 2. The van der Waals surface area contributed by atoms with Gasteiger partial charge >= 0.3 is 0 Å². The Labute approximate surface area is 168 Å². The van der Waals surface area contributed by atoms with Gasteiger partial charge in [-0.2, -0.15) is 0 Å². The Morgan fingerprint density at radius 3 is 2.66 bits per heavy atom. The highest BCUT2D eigenvalue weighted by molar-refractivity contribution is 5.93. The van der Waals surface area contributed by atoms with Crippen molar-refractivity contribution in [3.05, 3.63) is 59.8 Å². The van der Waals surface area contributed by atoms with Gasteiger partial charge in [0.2, 0.25) is 5.91 Å². The maximum Gasteiger partial charge on any atom is 0.272 e. The van der Waals surface area contributed by atoms with E-state index in [-0.39, 0.29) is 35.8 Å². The molecule has 4 atom stereocenters. The maximum absolute atomic E-state index is 12.9. The number of anilines is 1. The van der Waals surface area contributed by atoms with Crippen LogP contribution in [0.15, 0.2) is 48.5 Å². The number of amides is 2. The molecule has 2 heterocycles. The van der Waals surface area contributed by atoms with Crippen LogP contribution < -0.4 is 11.1 Å². The molecule has 1 spiro atoms. The van der Waals surface area contributed by atoms with E-state index in [1.165, 1.54) is 0 Å². The van der Waals surface area contributed by atoms with Crippen molar-refractivity contribution >= 4 is 17.6 Å². The number of hydrogen-bond donors (Lipinski definition) is 4. The fourth-order valence-corrected chi connectivity index (χ4v) is 4.77. The van der Waals surface area contributed by atoms with Crippen molar-refractivity contribution in [2.45, 2.75) is 12.0 Å². The first-order valence-corrected chi connectivity index (χ1v) is 9.59. The molecule has 4 rings (SSSR count). The number of benzene rings is 1. The van der Waals surface area contributed by atoms with Gasteiger partial charge in [-0.05, 0) is 29.5 Å². The number of nitrogens with one attached hydrogen (secondary N) is 1. The van der Waals surface area contributed by atoms with E-state index in [4.69, 9.17) is 10.8 Å². The molecule has 0 radical (unpaired) electrons. The lowest BCUT2D eigenvalue weighted by atomic mass is 9.95. The van der Waals surface area contributed by atoms with Gasteiger partial charge in [-0.1, -0.05) is 36.4 Å². The number of rotatable bonds is 5. The third-order valence-electron chi connectivity index (χ3n) is 6.14. The lowest BCUT2D eigenvalue weighted by Gasteiger charge is -2.17. The van der Waals surface area contributed by atoms with Crippen molar-refractivity contribution in [2.75, 3.05) is 32.0 Å². The van der Waals surface area contributed by atoms with E-state index in [9.17, 15) is 14.7 Å². The number of carbonyl (C=O) groups is 2. The number of nitrogen functional groups attached to an aromatic ring is 1. The number of nitrogens with two attached hydrogens (primary N) is 1. The second-order valence-electron chi connectivity index (χ2n) is 7.72. The molecular formula is C21H24N4O4. The summed E-state index contributed by atoms with van der Waals surface area (Å²) in [5.74, 6) is -0.497. The van der Waals surface area contributed by atoms with Crippen molar-refractivity contribution in [2.24, 2.45) is 11.3 Å². The molecule has 5 N–H and O–H groups in total. The first kappa shape index (κ1) is 19.4. The van der Waals surface area contributed by atoms with Crippen LogP contribution in [0.4, 0.5) is 5.82 Å². The summed E-state index contributed by atoms with van der Waals surface area (Å²) in [6.07, 6.45) is -0.728. The van der Waals surface area contributed by atoms with Gasteiger partial charge in [0, 0.05) is 25.0 Å². The highest BCUT2D eigenvalue weighted by Gasteiger charge is 2.71. The number of carbonyl (C=O) groups excluding carboxylic acids is 2. The van der Waals surface area contributed by atoms with Crippen molar-refractivity contribution < 1.29 is 19.8 Å². The second-order valence-corrected chi connectivity index (χ2v) is 7.72. The van der Waals surface area contributed by atoms with Crippen LogP contribution in [-0.4, -0.2) is 64.3 Å². The predicted octanol–water partition coefficient (Wildman–Crippen LogP) is -0.0110. The molecule has 0 unspecified atom stereocenters. The van der Waals surface area contributed by atoms with Gasteiger partial charge in [0.05, 0.1) is 6.10 Å². The van der Waals surface area contributed by atoms with E-state index >= 15 is 0 Å². The average molecular weight is 396 g/mol. The monoisotopic (exact) mass is 396 g/mol. The molecule has 2 fully saturated rings. The third kappa shape index (κ3) is 3.34. The lowest BCUT2D eigenvalue weighted by molar-refractivity contribution is -0.123. The number of aliphatic hydroxyl groups is 2. The summed E-state index contributed by atoms with van der Waals surface area (Å²) < 4.78 is 0. The summed E-state index contributed by atoms with van der Waals surface area (Å²) in [5, 5.41) is 22.7. The molecule has 2 aromatic rings. The fraction of sp³-hybridized carbons (Fsp3) is 0.381. The number of pyridine rings is 1. The van der Waals surface area contributed by atoms with E-state index in [1.807, 2.05) is 30.3 Å². The predicted molar refractivity (Wildman–Crippen MR) is 106 cm³/mol. The SMILES string of the molecule is Nc1cccc(C(=O)N2C[C@H](O)[C@@]3(C2)[C@H](CNC(=O)CO)[C@H]3c2ccccc2)n1. The molecule has 1 aliphatic carbocycles. The van der Waals surface area contributed by atoms with Crippen LogP contribution in [0.3, 0.4) is 0 Å². The summed E-state index contributed by atoms with van der Waals surface area (Å²) in [6, 6.07) is 14.7. The summed E-state index contributed by atoms with van der Waals surface area (Å²) in [7, 11) is 0. The Morgan fingerprint density at radius 2 is 1.97 bits per heavy atom. The number of likely N-dealkylation sites (tertiary alicyclic amines) is 1. The number of hydrogen-bond acceptors (Lipinski definition) is 6. The Morgan fingerprint density at radius 1 is 1.21 bits per heavy atom. The van der Waals surface area contributed by atoms with Gasteiger partial charge in [0.1, 0.15) is 18.1 Å². The molecule has 8 heteroatoms. The van der Waals surface area contributed by atoms with Gasteiger partial charge in [-0.3, -0.25) is 9.59 Å². The van der Waals surface area contributed by atoms with Crippen molar-refractivity contribution in [1.29, 1.82) is 0 Å². The third-order valence-corrected chi connectivity index (χ3v) is 6.14. The van der Waals surface area contributed by atoms with Crippen LogP contribution in [0.1, 0.15) is 22.0 Å². The molecule has 2 amide bonds. The largest absolute Gasteiger partial charge is 0.391 e. The van der Waals surface area contributed by atoms with Gasteiger partial charge < -0.3 is 26.2 Å². The molecule has 1 saturated carbocycles. The van der Waals surface area contributed by atoms with Crippen LogP contribution in [0.2, 0.25) is 0 Å². The topological polar surface area (TPSA) is 129 Å². The molecular weight excluding hydrogens is 372 g/mol. The van der Waals surface area contributed by atoms with Gasteiger partial charge in [0.25, 0.3) is 5.91 Å². The van der Waals surface area contributed by atoms with Gasteiger partial charge in [0.15, 0.2) is 0 Å². The molecule has 152 valence electrons. The van der Waals surface area contributed by atoms with E-state index in [1.54, 1.807) is 23.1 Å². The molecule has 1 aromatic carbocycles. The highest BCUT2D eigenvalue weighted by atomic mass is 16.3. The Hall–Kier alpha value is -2.97. The fourth-order valence-electron chi connectivity index (χ4n) is 4.77. The molecule has 2 aliphatic rings. The standard InChI is InChI=1S/C21H24N4O4/c22-17-8-4-7-15(24-17)20(29)25-10-16(27)21(12-25)14(9-23-18(28)11-26)19(21)13-5-2-1-3-6-13/h1-8,14,16,19,26-27H,9-12H2,(H2,22,24)(H,23,28)/t14-,16+,19-,21-/m1/s1. The summed E-state index contributed by atoms with van der Waals surface area (Å²) in [4.78, 5) is 30.2. The van der Waals surface area contributed by atoms with Crippen molar-refractivity contribution in [3.63, 3.8) is 0 Å². The first-order valence-electron chi connectivity index (χ1n) is 9.59. The zero-order chi connectivity index (χ0) is 20.6. The first-order chi connectivity index (χ1) is 14.0. The Balaban J connectivity index is 1.58. The molecule has 29 heavy (non-hydrogen) atoms. The average Bonchev–Trinajstić information content (AvgIpc) is 3.25. The zero-order valence-electron chi connectivity index (χ0n) is 15.9. The molecule has 0 bridgehead atoms. The highest BCUT2D eigenvalue weighted by Crippen LogP contribution is 2.68. The number of nitrogens with zero attached hydrogens (tertiary/aromatic N) is 2. The number of β-amino-alcohol motifs (C(OH)–C–C–N with tert-alkyl or cyclic N) is 1. The van der Waals surface area contributed by atoms with Crippen LogP contribution >= 0.6 is 0 Å². The summed E-state index contributed by atoms with van der Waals surface area (Å²) >= 11 is 0. The quantitative estimate of drug-likeness (QED) is 0.563. The minimum Gasteiger partial charge on any atom is -0.391 e. The molecule has 8 nitrogen and oxygen atoms in total. The van der Waals surface area contributed by atoms with Gasteiger partial charge in [-0.15, -0.1) is 0 Å². The van der Waals surface area contributed by atoms with Crippen LogP contribution in [-0.2, 0) is 4.79 Å². The minimum atomic E-state index is -0.728. The van der Waals surface area contributed by atoms with Crippen LogP contribution in [0.25, 0.3) is 0 Å². The zero-order valence-corrected chi connectivity index (χ0v) is 15.9. The molecule has 1 aromatic heterocycles. The van der Waals surface area contributed by atoms with E-state index < -0.39 is 24.0 Å². The Bertz CT molecular complexity index is 922. The Kier molecular flexibility index (Phi) is 4.97. The minimum absolute atomic E-state index is 0.00398. The second kappa shape index (κ2) is 7.46. The van der Waals surface area contributed by atoms with E-state index in [0.717, 1.165) is 5.56 Å². The lowest BCUT2D eigenvalue weighted by Crippen LogP contribution is -2.32. The summed E-state index contributed by atoms with van der Waals surface area (Å²) in [6.45, 7) is 0.310. The van der Waals surface area contributed by atoms with E-state index in [0.29, 0.717) is 13.1 Å². The van der Waals surface area contributed by atoms with Crippen molar-refractivity contribution in [3.8, 4) is 0 Å². The molecule has 1 saturated heterocycles.